The summed E-state index contributed by atoms with van der Waals surface area (Å²) in [6.07, 6.45) is 7.64. The van der Waals surface area contributed by atoms with Gasteiger partial charge in [-0.1, -0.05) is 6.07 Å². The maximum Gasteiger partial charge on any atom is 0.271 e. The van der Waals surface area contributed by atoms with Crippen molar-refractivity contribution in [3.05, 3.63) is 52.5 Å². The van der Waals surface area contributed by atoms with Crippen molar-refractivity contribution in [2.45, 2.75) is 32.4 Å². The molecule has 1 unspecified atom stereocenters. The fourth-order valence-electron chi connectivity index (χ4n) is 2.99. The monoisotopic (exact) mass is 347 g/mol. The van der Waals surface area contributed by atoms with Gasteiger partial charge >= 0.3 is 0 Å². The number of aryl methyl sites for hydroxylation is 1. The average Bonchev–Trinajstić information content (AvgIpc) is 3.13. The molecule has 2 aromatic rings. The molecule has 1 saturated heterocycles. The highest BCUT2D eigenvalue weighted by atomic mass is 79.9. The maximum absolute atomic E-state index is 12.9. The van der Waals surface area contributed by atoms with Gasteiger partial charge in [-0.15, -0.1) is 0 Å². The number of carbonyl (C=O) groups is 1. The van der Waals surface area contributed by atoms with E-state index < -0.39 is 0 Å². The van der Waals surface area contributed by atoms with E-state index in [0.717, 1.165) is 41.7 Å². The fourth-order valence-corrected chi connectivity index (χ4v) is 3.46. The minimum absolute atomic E-state index is 0.105. The van der Waals surface area contributed by atoms with Gasteiger partial charge in [0.25, 0.3) is 5.91 Å². The molecule has 3 heterocycles. The van der Waals surface area contributed by atoms with Gasteiger partial charge in [-0.25, -0.2) is 0 Å². The Balaban J connectivity index is 1.90. The first-order valence-electron chi connectivity index (χ1n) is 7.27. The molecule has 0 saturated carbocycles. The van der Waals surface area contributed by atoms with Crippen LogP contribution in [0.5, 0.6) is 0 Å². The first-order chi connectivity index (χ1) is 10.2. The zero-order valence-corrected chi connectivity index (χ0v) is 13.6. The lowest BCUT2D eigenvalue weighted by atomic mass is 10.1. The number of rotatable bonds is 3. The average molecular weight is 348 g/mol. The van der Waals surface area contributed by atoms with Crippen molar-refractivity contribution < 1.29 is 4.79 Å². The van der Waals surface area contributed by atoms with E-state index in [1.807, 2.05) is 40.9 Å². The zero-order valence-electron chi connectivity index (χ0n) is 12.0. The molecule has 1 aliphatic rings. The smallest absolute Gasteiger partial charge is 0.271 e. The van der Waals surface area contributed by atoms with Crippen molar-refractivity contribution in [3.8, 4) is 0 Å². The van der Waals surface area contributed by atoms with E-state index in [9.17, 15) is 4.79 Å². The van der Waals surface area contributed by atoms with Crippen LogP contribution in [0.25, 0.3) is 0 Å². The zero-order chi connectivity index (χ0) is 14.8. The molecule has 0 spiro atoms. The summed E-state index contributed by atoms with van der Waals surface area (Å²) in [6, 6.07) is 6.04. The quantitative estimate of drug-likeness (QED) is 0.849. The van der Waals surface area contributed by atoms with Gasteiger partial charge in [0.05, 0.1) is 6.04 Å². The highest BCUT2D eigenvalue weighted by molar-refractivity contribution is 9.10. The Labute approximate surface area is 132 Å². The van der Waals surface area contributed by atoms with Gasteiger partial charge in [0.15, 0.2) is 0 Å². The van der Waals surface area contributed by atoms with E-state index in [4.69, 9.17) is 0 Å². The Hall–Kier alpha value is -1.62. The van der Waals surface area contributed by atoms with Crippen LogP contribution >= 0.6 is 15.9 Å². The number of likely N-dealkylation sites (tertiary alicyclic amines) is 1. The Bertz CT molecular complexity index is 638. The Morgan fingerprint density at radius 2 is 2.38 bits per heavy atom. The molecule has 0 N–H and O–H groups in total. The van der Waals surface area contributed by atoms with E-state index in [2.05, 4.69) is 27.0 Å². The second kappa shape index (κ2) is 6.02. The van der Waals surface area contributed by atoms with Crippen LogP contribution in [0.15, 0.2) is 41.3 Å². The SMILES string of the molecule is CCn1cc(Br)cc1C(=O)N1CCCC1c1cccnc1. The van der Waals surface area contributed by atoms with Crippen LogP contribution in [0, 0.1) is 0 Å². The maximum atomic E-state index is 12.9. The summed E-state index contributed by atoms with van der Waals surface area (Å²) >= 11 is 3.46. The lowest BCUT2D eigenvalue weighted by Crippen LogP contribution is -2.32. The molecule has 1 atom stereocenters. The largest absolute Gasteiger partial charge is 0.343 e. The number of hydrogen-bond acceptors (Lipinski definition) is 2. The molecule has 0 radical (unpaired) electrons. The van der Waals surface area contributed by atoms with Gasteiger partial charge in [-0.3, -0.25) is 9.78 Å². The van der Waals surface area contributed by atoms with E-state index in [0.29, 0.717) is 0 Å². The number of aromatic nitrogens is 2. The van der Waals surface area contributed by atoms with Crippen molar-refractivity contribution in [2.75, 3.05) is 6.54 Å². The lowest BCUT2D eigenvalue weighted by Gasteiger charge is -2.25. The standard InChI is InChI=1S/C16H18BrN3O/c1-2-19-11-13(17)9-15(19)16(21)20-8-4-6-14(20)12-5-3-7-18-10-12/h3,5,7,9-11,14H,2,4,6,8H2,1H3. The molecule has 110 valence electrons. The summed E-state index contributed by atoms with van der Waals surface area (Å²) in [4.78, 5) is 19.0. The van der Waals surface area contributed by atoms with Gasteiger partial charge in [-0.2, -0.15) is 0 Å². The number of hydrogen-bond donors (Lipinski definition) is 0. The van der Waals surface area contributed by atoms with Gasteiger partial charge in [-0.05, 0) is 53.4 Å². The molecular weight excluding hydrogens is 330 g/mol. The van der Waals surface area contributed by atoms with Gasteiger partial charge in [0.2, 0.25) is 0 Å². The third-order valence-corrected chi connectivity index (χ3v) is 4.44. The van der Waals surface area contributed by atoms with E-state index in [-0.39, 0.29) is 11.9 Å². The predicted molar refractivity (Wildman–Crippen MR) is 85.1 cm³/mol. The van der Waals surface area contributed by atoms with E-state index in [1.54, 1.807) is 6.20 Å². The summed E-state index contributed by atoms with van der Waals surface area (Å²) in [7, 11) is 0. The second-order valence-electron chi connectivity index (χ2n) is 5.27. The Kier molecular flexibility index (Phi) is 4.10. The molecule has 0 aromatic carbocycles. The Morgan fingerprint density at radius 3 is 3.10 bits per heavy atom. The van der Waals surface area contributed by atoms with Crippen molar-refractivity contribution in [3.63, 3.8) is 0 Å². The molecule has 1 amide bonds. The van der Waals surface area contributed by atoms with Crippen molar-refractivity contribution in [1.29, 1.82) is 0 Å². The van der Waals surface area contributed by atoms with Crippen LogP contribution in [0.1, 0.15) is 41.9 Å². The van der Waals surface area contributed by atoms with Crippen LogP contribution in [0.3, 0.4) is 0 Å². The molecule has 0 aliphatic carbocycles. The van der Waals surface area contributed by atoms with Crippen LogP contribution in [-0.2, 0) is 6.54 Å². The number of pyridine rings is 1. The molecular formula is C16H18BrN3O. The number of amides is 1. The first-order valence-corrected chi connectivity index (χ1v) is 8.06. The third-order valence-electron chi connectivity index (χ3n) is 4.01. The summed E-state index contributed by atoms with van der Waals surface area (Å²) < 4.78 is 2.94. The second-order valence-corrected chi connectivity index (χ2v) is 6.19. The molecule has 2 aromatic heterocycles. The van der Waals surface area contributed by atoms with Gasteiger partial charge in [0.1, 0.15) is 5.69 Å². The number of halogens is 1. The fraction of sp³-hybridized carbons (Fsp3) is 0.375. The molecule has 0 bridgehead atoms. The highest BCUT2D eigenvalue weighted by Crippen LogP contribution is 2.33. The van der Waals surface area contributed by atoms with Crippen LogP contribution in [0.2, 0.25) is 0 Å². The molecule has 4 nitrogen and oxygen atoms in total. The molecule has 5 heteroatoms. The van der Waals surface area contributed by atoms with Crippen LogP contribution < -0.4 is 0 Å². The Morgan fingerprint density at radius 1 is 1.52 bits per heavy atom. The first kappa shape index (κ1) is 14.3. The van der Waals surface area contributed by atoms with E-state index >= 15 is 0 Å². The number of nitrogens with zero attached hydrogens (tertiary/aromatic N) is 3. The van der Waals surface area contributed by atoms with Crippen LogP contribution in [-0.4, -0.2) is 26.9 Å². The molecule has 3 rings (SSSR count). The van der Waals surface area contributed by atoms with E-state index in [1.165, 1.54) is 0 Å². The summed E-state index contributed by atoms with van der Waals surface area (Å²) in [6.45, 7) is 3.65. The van der Waals surface area contributed by atoms with Crippen molar-refractivity contribution in [1.82, 2.24) is 14.5 Å². The van der Waals surface area contributed by atoms with Crippen molar-refractivity contribution >= 4 is 21.8 Å². The van der Waals surface area contributed by atoms with Gasteiger partial charge < -0.3 is 9.47 Å². The highest BCUT2D eigenvalue weighted by Gasteiger charge is 2.32. The lowest BCUT2D eigenvalue weighted by molar-refractivity contribution is 0.0724. The third kappa shape index (κ3) is 2.75. The topological polar surface area (TPSA) is 38.1 Å². The number of carbonyl (C=O) groups excluding carboxylic acids is 1. The van der Waals surface area contributed by atoms with Crippen molar-refractivity contribution in [2.24, 2.45) is 0 Å². The molecule has 21 heavy (non-hydrogen) atoms. The molecule has 1 fully saturated rings. The summed E-state index contributed by atoms with van der Waals surface area (Å²) in [5.74, 6) is 0.105. The normalized spacial score (nSPS) is 18.2. The summed E-state index contributed by atoms with van der Waals surface area (Å²) in [5, 5.41) is 0. The minimum Gasteiger partial charge on any atom is -0.343 e. The van der Waals surface area contributed by atoms with Gasteiger partial charge in [0, 0.05) is 36.2 Å². The molecule has 1 aliphatic heterocycles. The van der Waals surface area contributed by atoms with Crippen LogP contribution in [0.4, 0.5) is 0 Å². The summed E-state index contributed by atoms with van der Waals surface area (Å²) in [5.41, 5.74) is 1.87. The predicted octanol–water partition coefficient (Wildman–Crippen LogP) is 3.64. The minimum atomic E-state index is 0.105.